The Morgan fingerprint density at radius 2 is 2.00 bits per heavy atom. The van der Waals surface area contributed by atoms with Gasteiger partial charge in [0.05, 0.1) is 12.1 Å². The van der Waals surface area contributed by atoms with Crippen LogP contribution in [0.2, 0.25) is 0 Å². The minimum Gasteiger partial charge on any atom is -0.377 e. The summed E-state index contributed by atoms with van der Waals surface area (Å²) >= 11 is 0. The van der Waals surface area contributed by atoms with Crippen LogP contribution in [-0.4, -0.2) is 36.7 Å². The number of hydrogen-bond acceptors (Lipinski definition) is 2. The molecule has 0 radical (unpaired) electrons. The Morgan fingerprint density at radius 1 is 1.35 bits per heavy atom. The van der Waals surface area contributed by atoms with Crippen LogP contribution in [0.25, 0.3) is 0 Å². The van der Waals surface area contributed by atoms with Crippen LogP contribution in [0, 0.1) is 17.2 Å². The van der Waals surface area contributed by atoms with E-state index in [0.29, 0.717) is 19.0 Å². The number of nitrogens with zero attached hydrogens (tertiary/aromatic N) is 1. The Kier molecular flexibility index (Phi) is 7.04. The van der Waals surface area contributed by atoms with Crippen LogP contribution in [0.4, 0.5) is 9.18 Å². The van der Waals surface area contributed by atoms with E-state index in [2.05, 4.69) is 26.1 Å². The van der Waals surface area contributed by atoms with Crippen molar-refractivity contribution in [2.75, 3.05) is 19.7 Å². The monoisotopic (exact) mass is 364 g/mol. The minimum atomic E-state index is -0.265. The molecule has 2 rings (SSSR count). The number of nitrogens with one attached hydrogen (secondary N) is 1. The first-order chi connectivity index (χ1) is 12.2. The molecule has 4 nitrogen and oxygen atoms in total. The van der Waals surface area contributed by atoms with Crippen LogP contribution in [0.15, 0.2) is 24.3 Å². The van der Waals surface area contributed by atoms with Gasteiger partial charge in [-0.1, -0.05) is 32.9 Å². The van der Waals surface area contributed by atoms with Gasteiger partial charge in [0.15, 0.2) is 0 Å². The van der Waals surface area contributed by atoms with Crippen LogP contribution in [0.3, 0.4) is 0 Å². The average Bonchev–Trinajstić information content (AvgIpc) is 2.60. The Balaban J connectivity index is 1.98. The molecule has 1 aromatic rings. The van der Waals surface area contributed by atoms with E-state index < -0.39 is 0 Å². The number of benzene rings is 1. The van der Waals surface area contributed by atoms with Crippen molar-refractivity contribution in [1.29, 1.82) is 0 Å². The lowest BCUT2D eigenvalue weighted by atomic mass is 9.78. The van der Waals surface area contributed by atoms with Gasteiger partial charge in [0.25, 0.3) is 0 Å². The predicted octanol–water partition coefficient (Wildman–Crippen LogP) is 4.76. The maximum absolute atomic E-state index is 13.1. The minimum absolute atomic E-state index is 0.0572. The van der Waals surface area contributed by atoms with Crippen LogP contribution in [0.5, 0.6) is 0 Å². The maximum Gasteiger partial charge on any atom is 0.317 e. The Labute approximate surface area is 157 Å². The van der Waals surface area contributed by atoms with Gasteiger partial charge in [-0.15, -0.1) is 0 Å². The SMILES string of the molecule is CCN(C(=O)NCC1CCCOC1C(C)(C)C)C(C)c1ccc(F)cc1. The molecule has 0 aromatic heterocycles. The molecule has 1 aromatic carbocycles. The third-order valence-corrected chi connectivity index (χ3v) is 5.24. The van der Waals surface area contributed by atoms with Crippen molar-refractivity contribution in [3.63, 3.8) is 0 Å². The third-order valence-electron chi connectivity index (χ3n) is 5.24. The molecule has 1 fully saturated rings. The second-order valence-electron chi connectivity index (χ2n) is 8.26. The normalized spacial score (nSPS) is 21.9. The summed E-state index contributed by atoms with van der Waals surface area (Å²) < 4.78 is 19.1. The van der Waals surface area contributed by atoms with Crippen molar-refractivity contribution in [3.8, 4) is 0 Å². The van der Waals surface area contributed by atoms with Crippen molar-refractivity contribution < 1.29 is 13.9 Å². The molecule has 0 saturated carbocycles. The van der Waals surface area contributed by atoms with Gasteiger partial charge >= 0.3 is 6.03 Å². The second kappa shape index (κ2) is 8.85. The van der Waals surface area contributed by atoms with Gasteiger partial charge < -0.3 is 15.0 Å². The highest BCUT2D eigenvalue weighted by Gasteiger charge is 2.35. The number of urea groups is 1. The summed E-state index contributed by atoms with van der Waals surface area (Å²) in [7, 11) is 0. The predicted molar refractivity (Wildman–Crippen MR) is 103 cm³/mol. The molecule has 146 valence electrons. The summed E-state index contributed by atoms with van der Waals surface area (Å²) in [5.41, 5.74) is 0.985. The van der Waals surface area contributed by atoms with E-state index in [9.17, 15) is 9.18 Å². The lowest BCUT2D eigenvalue weighted by Crippen LogP contribution is -2.48. The lowest BCUT2D eigenvalue weighted by molar-refractivity contribution is -0.0839. The van der Waals surface area contributed by atoms with Crippen LogP contribution in [-0.2, 0) is 4.74 Å². The number of rotatable bonds is 5. The molecule has 1 aliphatic heterocycles. The topological polar surface area (TPSA) is 41.6 Å². The second-order valence-corrected chi connectivity index (χ2v) is 8.26. The summed E-state index contributed by atoms with van der Waals surface area (Å²) in [6, 6.07) is 6.15. The zero-order valence-electron chi connectivity index (χ0n) is 16.7. The number of carbonyl (C=O) groups excluding carboxylic acids is 1. The first kappa shape index (κ1) is 20.7. The Bertz CT molecular complexity index is 583. The van der Waals surface area contributed by atoms with Gasteiger partial charge in [0.1, 0.15) is 5.82 Å². The van der Waals surface area contributed by atoms with E-state index in [-0.39, 0.29) is 29.4 Å². The fraction of sp³-hybridized carbons (Fsp3) is 0.667. The molecule has 3 unspecified atom stereocenters. The van der Waals surface area contributed by atoms with Crippen LogP contribution < -0.4 is 5.32 Å². The molecule has 1 heterocycles. The summed E-state index contributed by atoms with van der Waals surface area (Å²) in [4.78, 5) is 14.5. The van der Waals surface area contributed by atoms with E-state index in [1.165, 1.54) is 12.1 Å². The zero-order chi connectivity index (χ0) is 19.3. The highest BCUT2D eigenvalue weighted by atomic mass is 19.1. The van der Waals surface area contributed by atoms with Crippen LogP contribution >= 0.6 is 0 Å². The standard InChI is InChI=1S/C21H33FN2O2/c1-6-24(15(2)16-9-11-18(22)12-10-16)20(25)23-14-17-8-7-13-26-19(17)21(3,4)5/h9-12,15,17,19H,6-8,13-14H2,1-5H3,(H,23,25). The fourth-order valence-electron chi connectivity index (χ4n) is 3.84. The van der Waals surface area contributed by atoms with Gasteiger partial charge in [-0.2, -0.15) is 0 Å². The first-order valence-electron chi connectivity index (χ1n) is 9.65. The van der Waals surface area contributed by atoms with Gasteiger partial charge in [0, 0.05) is 25.6 Å². The summed E-state index contributed by atoms with van der Waals surface area (Å²) in [6.45, 7) is 12.5. The van der Waals surface area contributed by atoms with Crippen molar-refractivity contribution in [3.05, 3.63) is 35.6 Å². The molecule has 0 spiro atoms. The molecule has 2 amide bonds. The molecule has 0 aliphatic carbocycles. The fourth-order valence-corrected chi connectivity index (χ4v) is 3.84. The quantitative estimate of drug-likeness (QED) is 0.818. The smallest absolute Gasteiger partial charge is 0.317 e. The number of carbonyl (C=O) groups is 1. The van der Waals surface area contributed by atoms with Gasteiger partial charge in [-0.05, 0) is 49.8 Å². The molecule has 1 aliphatic rings. The maximum atomic E-state index is 13.1. The van der Waals surface area contributed by atoms with Gasteiger partial charge in [0.2, 0.25) is 0 Å². The van der Waals surface area contributed by atoms with Crippen LogP contribution in [0.1, 0.15) is 59.1 Å². The number of ether oxygens (including phenoxy) is 1. The van der Waals surface area contributed by atoms with E-state index in [0.717, 1.165) is 25.0 Å². The van der Waals surface area contributed by atoms with Gasteiger partial charge in [-0.25, -0.2) is 9.18 Å². The van der Waals surface area contributed by atoms with Crippen molar-refractivity contribution >= 4 is 6.03 Å². The molecular weight excluding hydrogens is 331 g/mol. The van der Waals surface area contributed by atoms with E-state index >= 15 is 0 Å². The molecule has 26 heavy (non-hydrogen) atoms. The highest BCUT2D eigenvalue weighted by molar-refractivity contribution is 5.74. The highest BCUT2D eigenvalue weighted by Crippen LogP contribution is 2.33. The van der Waals surface area contributed by atoms with E-state index in [1.807, 2.05) is 13.8 Å². The summed E-state index contributed by atoms with van der Waals surface area (Å²) in [5.74, 6) is 0.0616. The molecule has 5 heteroatoms. The van der Waals surface area contributed by atoms with Gasteiger partial charge in [-0.3, -0.25) is 0 Å². The Morgan fingerprint density at radius 3 is 2.58 bits per heavy atom. The first-order valence-corrected chi connectivity index (χ1v) is 9.65. The average molecular weight is 365 g/mol. The third kappa shape index (κ3) is 5.19. The van der Waals surface area contributed by atoms with Crippen molar-refractivity contribution in [1.82, 2.24) is 10.2 Å². The van der Waals surface area contributed by atoms with E-state index in [4.69, 9.17) is 4.74 Å². The number of halogens is 1. The summed E-state index contributed by atoms with van der Waals surface area (Å²) in [5, 5.41) is 3.10. The lowest BCUT2D eigenvalue weighted by Gasteiger charge is -2.40. The molecule has 1 N–H and O–H groups in total. The zero-order valence-corrected chi connectivity index (χ0v) is 16.7. The van der Waals surface area contributed by atoms with Crippen molar-refractivity contribution in [2.24, 2.45) is 11.3 Å². The largest absolute Gasteiger partial charge is 0.377 e. The molecule has 1 saturated heterocycles. The Hall–Kier alpha value is -1.62. The summed E-state index contributed by atoms with van der Waals surface area (Å²) in [6.07, 6.45) is 2.26. The molecular formula is C21H33FN2O2. The molecule has 0 bridgehead atoms. The molecule has 3 atom stereocenters. The number of amides is 2. The number of hydrogen-bond donors (Lipinski definition) is 1. The van der Waals surface area contributed by atoms with E-state index in [1.54, 1.807) is 17.0 Å². The van der Waals surface area contributed by atoms with Crippen molar-refractivity contribution in [2.45, 2.75) is 59.6 Å².